The molecule has 0 aliphatic heterocycles. The van der Waals surface area contributed by atoms with Crippen LogP contribution in [0.15, 0.2) is 0 Å². The van der Waals surface area contributed by atoms with Crippen LogP contribution in [0.5, 0.6) is 0 Å². The zero-order valence-corrected chi connectivity index (χ0v) is 10.3. The normalized spacial score (nSPS) is 38.0. The maximum atomic E-state index is 11.7. The summed E-state index contributed by atoms with van der Waals surface area (Å²) in [7, 11) is 0. The highest BCUT2D eigenvalue weighted by Crippen LogP contribution is 2.37. The second kappa shape index (κ2) is 4.25. The predicted molar refractivity (Wildman–Crippen MR) is 64.4 cm³/mol. The lowest BCUT2D eigenvalue weighted by atomic mass is 9.95. The minimum absolute atomic E-state index is 0.191. The second-order valence-electron chi connectivity index (χ2n) is 5.92. The Balaban J connectivity index is 1.59. The molecular weight excluding hydrogens is 216 g/mol. The molecule has 4 nitrogen and oxygen atoms in total. The molecule has 3 N–H and O–H groups in total. The standard InChI is InChI=1S/C13H22N2O2/c14-12(16)13(15-9-4-5-9)7-6-11(8-13)17-10-2-1-3-10/h9-11,15H,1-8H2,(H2,14,16). The number of amides is 1. The van der Waals surface area contributed by atoms with E-state index >= 15 is 0 Å². The van der Waals surface area contributed by atoms with Gasteiger partial charge in [-0.25, -0.2) is 0 Å². The van der Waals surface area contributed by atoms with Crippen molar-refractivity contribution in [2.45, 2.75) is 75.2 Å². The van der Waals surface area contributed by atoms with Crippen molar-refractivity contribution >= 4 is 5.91 Å². The summed E-state index contributed by atoms with van der Waals surface area (Å²) < 4.78 is 6.01. The summed E-state index contributed by atoms with van der Waals surface area (Å²) >= 11 is 0. The van der Waals surface area contributed by atoms with Gasteiger partial charge in [-0.2, -0.15) is 0 Å². The SMILES string of the molecule is NC(=O)C1(NC2CC2)CCC(OC2CCC2)C1. The predicted octanol–water partition coefficient (Wildman–Crippen LogP) is 1.08. The van der Waals surface area contributed by atoms with E-state index in [4.69, 9.17) is 10.5 Å². The molecule has 17 heavy (non-hydrogen) atoms. The van der Waals surface area contributed by atoms with Gasteiger partial charge in [-0.05, 0) is 44.9 Å². The summed E-state index contributed by atoms with van der Waals surface area (Å²) in [5.74, 6) is -0.191. The van der Waals surface area contributed by atoms with E-state index in [-0.39, 0.29) is 12.0 Å². The van der Waals surface area contributed by atoms with E-state index in [0.29, 0.717) is 12.1 Å². The van der Waals surface area contributed by atoms with Crippen molar-refractivity contribution in [1.29, 1.82) is 0 Å². The maximum Gasteiger partial charge on any atom is 0.237 e. The number of primary amides is 1. The Kier molecular flexibility index (Phi) is 2.87. The minimum atomic E-state index is -0.477. The number of nitrogens with one attached hydrogen (secondary N) is 1. The van der Waals surface area contributed by atoms with E-state index < -0.39 is 5.54 Å². The molecule has 0 bridgehead atoms. The minimum Gasteiger partial charge on any atom is -0.375 e. The molecule has 1 amide bonds. The number of rotatable bonds is 5. The maximum absolute atomic E-state index is 11.7. The van der Waals surface area contributed by atoms with E-state index in [1.807, 2.05) is 0 Å². The van der Waals surface area contributed by atoms with Crippen LogP contribution in [0.3, 0.4) is 0 Å². The van der Waals surface area contributed by atoms with Gasteiger partial charge in [0.25, 0.3) is 0 Å². The van der Waals surface area contributed by atoms with Crippen molar-refractivity contribution in [2.24, 2.45) is 5.73 Å². The third kappa shape index (κ3) is 2.33. The van der Waals surface area contributed by atoms with Crippen LogP contribution in [0.1, 0.15) is 51.4 Å². The Morgan fingerprint density at radius 1 is 1.18 bits per heavy atom. The fourth-order valence-corrected chi connectivity index (χ4v) is 2.94. The van der Waals surface area contributed by atoms with Crippen molar-refractivity contribution < 1.29 is 9.53 Å². The number of carbonyl (C=O) groups is 1. The Morgan fingerprint density at radius 3 is 2.47 bits per heavy atom. The summed E-state index contributed by atoms with van der Waals surface area (Å²) in [5, 5.41) is 3.45. The van der Waals surface area contributed by atoms with Crippen LogP contribution in [0.25, 0.3) is 0 Å². The van der Waals surface area contributed by atoms with E-state index in [2.05, 4.69) is 5.32 Å². The van der Waals surface area contributed by atoms with Crippen LogP contribution in [0.2, 0.25) is 0 Å². The van der Waals surface area contributed by atoms with Crippen molar-refractivity contribution in [1.82, 2.24) is 5.32 Å². The van der Waals surface area contributed by atoms with Gasteiger partial charge in [0.1, 0.15) is 5.54 Å². The first kappa shape index (κ1) is 11.5. The zero-order chi connectivity index (χ0) is 11.9. The molecule has 0 aromatic rings. The molecule has 2 atom stereocenters. The molecular formula is C13H22N2O2. The first-order chi connectivity index (χ1) is 8.18. The molecule has 3 aliphatic carbocycles. The topological polar surface area (TPSA) is 64.4 Å². The van der Waals surface area contributed by atoms with Crippen LogP contribution in [-0.2, 0) is 9.53 Å². The second-order valence-corrected chi connectivity index (χ2v) is 5.92. The molecule has 2 unspecified atom stereocenters. The summed E-state index contributed by atoms with van der Waals surface area (Å²) in [6.07, 6.45) is 9.31. The van der Waals surface area contributed by atoms with E-state index in [9.17, 15) is 4.79 Å². The highest BCUT2D eigenvalue weighted by molar-refractivity contribution is 5.85. The molecule has 0 radical (unpaired) electrons. The average molecular weight is 238 g/mol. The van der Waals surface area contributed by atoms with Gasteiger partial charge >= 0.3 is 0 Å². The molecule has 3 rings (SSSR count). The average Bonchev–Trinajstić information content (AvgIpc) is 2.92. The fraction of sp³-hybridized carbons (Fsp3) is 0.923. The molecule has 3 aliphatic rings. The van der Waals surface area contributed by atoms with Crippen LogP contribution >= 0.6 is 0 Å². The van der Waals surface area contributed by atoms with Crippen LogP contribution in [-0.4, -0.2) is 29.7 Å². The quantitative estimate of drug-likeness (QED) is 0.753. The first-order valence-electron chi connectivity index (χ1n) is 6.91. The van der Waals surface area contributed by atoms with Crippen molar-refractivity contribution in [2.75, 3.05) is 0 Å². The number of hydrogen-bond donors (Lipinski definition) is 2. The number of carbonyl (C=O) groups excluding carboxylic acids is 1. The molecule has 0 spiro atoms. The third-order valence-electron chi connectivity index (χ3n) is 4.44. The number of ether oxygens (including phenoxy) is 1. The summed E-state index contributed by atoms with van der Waals surface area (Å²) in [6.45, 7) is 0. The van der Waals surface area contributed by atoms with Crippen molar-refractivity contribution in [3.8, 4) is 0 Å². The monoisotopic (exact) mass is 238 g/mol. The Morgan fingerprint density at radius 2 is 1.94 bits per heavy atom. The molecule has 4 heteroatoms. The van der Waals surface area contributed by atoms with Gasteiger partial charge in [0.05, 0.1) is 12.2 Å². The zero-order valence-electron chi connectivity index (χ0n) is 10.3. The van der Waals surface area contributed by atoms with Crippen LogP contribution < -0.4 is 11.1 Å². The molecule has 3 saturated carbocycles. The molecule has 3 fully saturated rings. The van der Waals surface area contributed by atoms with Gasteiger partial charge in [-0.3, -0.25) is 4.79 Å². The number of hydrogen-bond acceptors (Lipinski definition) is 3. The highest BCUT2D eigenvalue weighted by Gasteiger charge is 2.47. The largest absolute Gasteiger partial charge is 0.375 e. The summed E-state index contributed by atoms with van der Waals surface area (Å²) in [4.78, 5) is 11.7. The molecule has 0 heterocycles. The Hall–Kier alpha value is -0.610. The third-order valence-corrected chi connectivity index (χ3v) is 4.44. The molecule has 0 saturated heterocycles. The van der Waals surface area contributed by atoms with Gasteiger partial charge in [0.2, 0.25) is 5.91 Å². The molecule has 0 aromatic carbocycles. The van der Waals surface area contributed by atoms with Gasteiger partial charge in [-0.1, -0.05) is 0 Å². The van der Waals surface area contributed by atoms with Crippen LogP contribution in [0.4, 0.5) is 0 Å². The lowest BCUT2D eigenvalue weighted by molar-refractivity contribution is -0.125. The van der Waals surface area contributed by atoms with Gasteiger partial charge in [-0.15, -0.1) is 0 Å². The lowest BCUT2D eigenvalue weighted by Gasteiger charge is -2.31. The Labute approximate surface area is 102 Å². The highest BCUT2D eigenvalue weighted by atomic mass is 16.5. The van der Waals surface area contributed by atoms with Gasteiger partial charge in [0.15, 0.2) is 0 Å². The smallest absolute Gasteiger partial charge is 0.237 e. The molecule has 0 aromatic heterocycles. The fourth-order valence-electron chi connectivity index (χ4n) is 2.94. The summed E-state index contributed by atoms with van der Waals surface area (Å²) in [6, 6.07) is 0.518. The lowest BCUT2D eigenvalue weighted by Crippen LogP contribution is -2.55. The number of nitrogens with two attached hydrogens (primary N) is 1. The van der Waals surface area contributed by atoms with Crippen molar-refractivity contribution in [3.63, 3.8) is 0 Å². The molecule has 96 valence electrons. The van der Waals surface area contributed by atoms with Crippen molar-refractivity contribution in [3.05, 3.63) is 0 Å². The van der Waals surface area contributed by atoms with E-state index in [1.54, 1.807) is 0 Å². The Bertz CT molecular complexity index is 313. The summed E-state index contributed by atoms with van der Waals surface area (Å²) in [5.41, 5.74) is 5.11. The first-order valence-corrected chi connectivity index (χ1v) is 6.91. The van der Waals surface area contributed by atoms with Gasteiger partial charge < -0.3 is 15.8 Å². The van der Waals surface area contributed by atoms with Gasteiger partial charge in [0, 0.05) is 12.5 Å². The van der Waals surface area contributed by atoms with Crippen LogP contribution in [0, 0.1) is 0 Å². The van der Waals surface area contributed by atoms with E-state index in [1.165, 1.54) is 32.1 Å². The van der Waals surface area contributed by atoms with E-state index in [0.717, 1.165) is 19.3 Å².